The number of carbonyl (C=O) groups is 1. The summed E-state index contributed by atoms with van der Waals surface area (Å²) < 4.78 is 5.06. The quantitative estimate of drug-likeness (QED) is 0.750. The van der Waals surface area contributed by atoms with Gasteiger partial charge in [-0.1, -0.05) is 0 Å². The zero-order valence-electron chi connectivity index (χ0n) is 14.7. The van der Waals surface area contributed by atoms with Crippen molar-refractivity contribution in [3.05, 3.63) is 17.0 Å². The van der Waals surface area contributed by atoms with Crippen molar-refractivity contribution in [3.8, 4) is 0 Å². The van der Waals surface area contributed by atoms with Gasteiger partial charge in [0.15, 0.2) is 5.60 Å². The van der Waals surface area contributed by atoms with Crippen LogP contribution in [0.25, 0.3) is 0 Å². The van der Waals surface area contributed by atoms with E-state index in [-0.39, 0.29) is 5.91 Å². The molecule has 1 aromatic heterocycles. The molecule has 3 rings (SSSR count). The molecular formula is C17H28N4O3. The molecule has 134 valence electrons. The lowest BCUT2D eigenvalue weighted by Gasteiger charge is -2.40. The van der Waals surface area contributed by atoms with Gasteiger partial charge in [0, 0.05) is 39.0 Å². The van der Waals surface area contributed by atoms with Gasteiger partial charge in [0.1, 0.15) is 0 Å². The molecule has 7 heteroatoms. The number of hydrogen-bond acceptors (Lipinski definition) is 5. The third-order valence-electron chi connectivity index (χ3n) is 5.11. The lowest BCUT2D eigenvalue weighted by molar-refractivity contribution is -0.160. The van der Waals surface area contributed by atoms with E-state index in [1.165, 1.54) is 17.7 Å². The van der Waals surface area contributed by atoms with Gasteiger partial charge >= 0.3 is 0 Å². The lowest BCUT2D eigenvalue weighted by atomic mass is 9.91. The molecule has 0 bridgehead atoms. The molecule has 0 spiro atoms. The summed E-state index contributed by atoms with van der Waals surface area (Å²) in [4.78, 5) is 16.4. The molecule has 1 atom stereocenters. The standard InChI is InChI=1S/C17H28N4O3/c1-20(11-15-13-5-3-6-14(13)18-19-15)12-17(23)7-4-8-21(16(17)22)9-10-24-2/h23H,3-12H2,1-2H3,(H,18,19). The van der Waals surface area contributed by atoms with Crippen molar-refractivity contribution < 1.29 is 14.6 Å². The highest BCUT2D eigenvalue weighted by molar-refractivity contribution is 5.86. The number of likely N-dealkylation sites (N-methyl/N-ethyl adjacent to an activating group) is 1. The summed E-state index contributed by atoms with van der Waals surface area (Å²) in [6, 6.07) is 0. The number of amides is 1. The lowest BCUT2D eigenvalue weighted by Crippen LogP contribution is -2.58. The highest BCUT2D eigenvalue weighted by atomic mass is 16.5. The van der Waals surface area contributed by atoms with Gasteiger partial charge in [0.05, 0.1) is 12.3 Å². The number of carbonyl (C=O) groups excluding carboxylic acids is 1. The Bertz CT molecular complexity index is 588. The van der Waals surface area contributed by atoms with Gasteiger partial charge in [-0.05, 0) is 44.7 Å². The molecule has 2 aliphatic rings. The molecule has 1 unspecified atom stereocenters. The number of piperidine rings is 1. The molecule has 0 radical (unpaired) electrons. The third-order valence-corrected chi connectivity index (χ3v) is 5.11. The maximum Gasteiger partial charge on any atom is 0.255 e. The van der Waals surface area contributed by atoms with Gasteiger partial charge in [-0.25, -0.2) is 0 Å². The van der Waals surface area contributed by atoms with Crippen LogP contribution in [0, 0.1) is 0 Å². The van der Waals surface area contributed by atoms with Gasteiger partial charge in [-0.3, -0.25) is 14.8 Å². The number of nitrogens with zero attached hydrogens (tertiary/aromatic N) is 3. The van der Waals surface area contributed by atoms with Crippen molar-refractivity contribution in [2.45, 2.75) is 44.2 Å². The summed E-state index contributed by atoms with van der Waals surface area (Å²) in [5.74, 6) is -0.176. The molecule has 1 aliphatic carbocycles. The number of ether oxygens (including phenoxy) is 1. The van der Waals surface area contributed by atoms with Crippen LogP contribution in [0.5, 0.6) is 0 Å². The fraction of sp³-hybridized carbons (Fsp3) is 0.765. The predicted octanol–water partition coefficient (Wildman–Crippen LogP) is 0.330. The van der Waals surface area contributed by atoms with Gasteiger partial charge < -0.3 is 14.7 Å². The largest absolute Gasteiger partial charge is 0.383 e. The van der Waals surface area contributed by atoms with Gasteiger partial charge in [0.25, 0.3) is 5.91 Å². The first-order chi connectivity index (χ1) is 11.5. The molecule has 24 heavy (non-hydrogen) atoms. The summed E-state index contributed by atoms with van der Waals surface area (Å²) in [5.41, 5.74) is 2.32. The minimum Gasteiger partial charge on any atom is -0.383 e. The smallest absolute Gasteiger partial charge is 0.255 e. The molecule has 1 amide bonds. The Morgan fingerprint density at radius 3 is 3.04 bits per heavy atom. The number of H-pyrrole nitrogens is 1. The Kier molecular flexibility index (Phi) is 5.22. The fourth-order valence-electron chi connectivity index (χ4n) is 3.90. The predicted molar refractivity (Wildman–Crippen MR) is 89.6 cm³/mol. The summed E-state index contributed by atoms with van der Waals surface area (Å²) in [5, 5.41) is 18.4. The number of aryl methyl sites for hydroxylation is 1. The molecule has 1 aromatic rings. The molecule has 0 saturated carbocycles. The molecule has 2 heterocycles. The number of aromatic nitrogens is 2. The third kappa shape index (κ3) is 3.48. The Balaban J connectivity index is 1.61. The van der Waals surface area contributed by atoms with Crippen LogP contribution in [0.2, 0.25) is 0 Å². The molecule has 1 saturated heterocycles. The highest BCUT2D eigenvalue weighted by Crippen LogP contribution is 2.26. The Hall–Kier alpha value is -1.44. The zero-order valence-corrected chi connectivity index (χ0v) is 14.7. The van der Waals surface area contributed by atoms with Crippen molar-refractivity contribution in [3.63, 3.8) is 0 Å². The molecule has 0 aromatic carbocycles. The maximum absolute atomic E-state index is 12.7. The number of rotatable bonds is 7. The minimum atomic E-state index is -1.31. The fourth-order valence-corrected chi connectivity index (χ4v) is 3.90. The summed E-state index contributed by atoms with van der Waals surface area (Å²) in [6.07, 6.45) is 4.65. The van der Waals surface area contributed by atoms with Crippen LogP contribution in [-0.4, -0.2) is 77.0 Å². The molecule has 7 nitrogen and oxygen atoms in total. The van der Waals surface area contributed by atoms with Crippen LogP contribution >= 0.6 is 0 Å². The van der Waals surface area contributed by atoms with Crippen molar-refractivity contribution in [2.24, 2.45) is 0 Å². The first-order valence-corrected chi connectivity index (χ1v) is 8.78. The van der Waals surface area contributed by atoms with E-state index in [2.05, 4.69) is 10.2 Å². The van der Waals surface area contributed by atoms with Gasteiger partial charge in [-0.15, -0.1) is 0 Å². The number of fused-ring (bicyclic) bond motifs is 1. The SMILES string of the molecule is COCCN1CCCC(O)(CN(C)Cc2n[nH]c3c2CCC3)C1=O. The van der Waals surface area contributed by atoms with E-state index in [0.29, 0.717) is 39.2 Å². The van der Waals surface area contributed by atoms with Gasteiger partial charge in [-0.2, -0.15) is 5.10 Å². The van der Waals surface area contributed by atoms with Crippen LogP contribution in [0.15, 0.2) is 0 Å². The second kappa shape index (κ2) is 7.21. The van der Waals surface area contributed by atoms with E-state index < -0.39 is 5.60 Å². The minimum absolute atomic E-state index is 0.176. The van der Waals surface area contributed by atoms with Crippen LogP contribution < -0.4 is 0 Å². The van der Waals surface area contributed by atoms with Crippen molar-refractivity contribution in [1.29, 1.82) is 0 Å². The normalized spacial score (nSPS) is 24.0. The number of nitrogens with one attached hydrogen (secondary N) is 1. The van der Waals surface area contributed by atoms with E-state index in [1.54, 1.807) is 12.0 Å². The topological polar surface area (TPSA) is 81.7 Å². The van der Waals surface area contributed by atoms with E-state index >= 15 is 0 Å². The Morgan fingerprint density at radius 2 is 2.25 bits per heavy atom. The molecular weight excluding hydrogens is 308 g/mol. The van der Waals surface area contributed by atoms with Crippen LogP contribution in [-0.2, 0) is 28.9 Å². The average molecular weight is 336 g/mol. The van der Waals surface area contributed by atoms with E-state index in [1.807, 2.05) is 11.9 Å². The van der Waals surface area contributed by atoms with Crippen molar-refractivity contribution >= 4 is 5.91 Å². The number of hydrogen-bond donors (Lipinski definition) is 2. The van der Waals surface area contributed by atoms with Gasteiger partial charge in [0.2, 0.25) is 0 Å². The van der Waals surface area contributed by atoms with Crippen molar-refractivity contribution in [1.82, 2.24) is 20.0 Å². The summed E-state index contributed by atoms with van der Waals surface area (Å²) >= 11 is 0. The van der Waals surface area contributed by atoms with E-state index in [9.17, 15) is 9.90 Å². The van der Waals surface area contributed by atoms with E-state index in [4.69, 9.17) is 4.74 Å². The second-order valence-electron chi connectivity index (χ2n) is 7.07. The average Bonchev–Trinajstić information content (AvgIpc) is 3.14. The molecule has 1 aliphatic heterocycles. The maximum atomic E-state index is 12.7. The molecule has 2 N–H and O–H groups in total. The molecule has 1 fully saturated rings. The van der Waals surface area contributed by atoms with Crippen LogP contribution in [0.1, 0.15) is 36.2 Å². The number of methoxy groups -OCH3 is 1. The van der Waals surface area contributed by atoms with Crippen LogP contribution in [0.4, 0.5) is 0 Å². The summed E-state index contributed by atoms with van der Waals surface area (Å²) in [7, 11) is 3.56. The number of likely N-dealkylation sites (tertiary alicyclic amines) is 1. The van der Waals surface area contributed by atoms with Crippen molar-refractivity contribution in [2.75, 3.05) is 40.4 Å². The zero-order chi connectivity index (χ0) is 17.2. The second-order valence-corrected chi connectivity index (χ2v) is 7.07. The summed E-state index contributed by atoms with van der Waals surface area (Å²) in [6.45, 7) is 2.71. The Morgan fingerprint density at radius 1 is 1.42 bits per heavy atom. The monoisotopic (exact) mass is 336 g/mol. The Labute approximate surface area is 143 Å². The highest BCUT2D eigenvalue weighted by Gasteiger charge is 2.42. The first kappa shape index (κ1) is 17.4. The number of aromatic amines is 1. The van der Waals surface area contributed by atoms with E-state index in [0.717, 1.165) is 25.0 Å². The number of aliphatic hydroxyl groups is 1. The first-order valence-electron chi connectivity index (χ1n) is 8.78. The van der Waals surface area contributed by atoms with Crippen LogP contribution in [0.3, 0.4) is 0 Å².